The van der Waals surface area contributed by atoms with Gasteiger partial charge in [-0.15, -0.1) is 0 Å². The van der Waals surface area contributed by atoms with Gasteiger partial charge in [-0.1, -0.05) is 6.92 Å². The number of carbonyl (C=O) groups is 2. The highest BCUT2D eigenvalue weighted by Gasteiger charge is 2.09. The van der Waals surface area contributed by atoms with Crippen LogP contribution in [0.4, 0.5) is 0 Å². The number of aromatic nitrogens is 1. The molecule has 0 saturated carbocycles. The number of nitrogens with zero attached hydrogens (tertiary/aromatic N) is 1. The molecule has 0 bridgehead atoms. The lowest BCUT2D eigenvalue weighted by Crippen LogP contribution is -2.28. The Balaban J connectivity index is 2.39. The summed E-state index contributed by atoms with van der Waals surface area (Å²) < 4.78 is 4.90. The number of ether oxygens (including phenoxy) is 1. The standard InChI is InChI=1S/C13H18N2O4/c1-9(3-6-12(16)17)7-15-13(18)10-4-5-11(19-2)14-8-10/h4-5,8-9H,3,6-7H2,1-2H3,(H,15,18)(H,16,17). The number of carboxylic acids is 1. The second kappa shape index (κ2) is 7.35. The molecule has 0 spiro atoms. The maximum Gasteiger partial charge on any atom is 0.303 e. The summed E-state index contributed by atoms with van der Waals surface area (Å²) >= 11 is 0. The van der Waals surface area contributed by atoms with Gasteiger partial charge in [-0.25, -0.2) is 4.98 Å². The Morgan fingerprint density at radius 1 is 1.47 bits per heavy atom. The summed E-state index contributed by atoms with van der Waals surface area (Å²) in [6.07, 6.45) is 2.09. The van der Waals surface area contributed by atoms with Crippen molar-refractivity contribution in [3.05, 3.63) is 23.9 Å². The van der Waals surface area contributed by atoms with E-state index in [2.05, 4.69) is 10.3 Å². The summed E-state index contributed by atoms with van der Waals surface area (Å²) in [6, 6.07) is 3.24. The van der Waals surface area contributed by atoms with E-state index in [4.69, 9.17) is 9.84 Å². The van der Waals surface area contributed by atoms with Crippen molar-refractivity contribution in [1.29, 1.82) is 0 Å². The quantitative estimate of drug-likeness (QED) is 0.777. The van der Waals surface area contributed by atoms with Gasteiger partial charge in [0.05, 0.1) is 12.7 Å². The smallest absolute Gasteiger partial charge is 0.303 e. The highest BCUT2D eigenvalue weighted by molar-refractivity contribution is 5.93. The zero-order valence-corrected chi connectivity index (χ0v) is 11.0. The molecular formula is C13H18N2O4. The predicted molar refractivity (Wildman–Crippen MR) is 69.2 cm³/mol. The van der Waals surface area contributed by atoms with Crippen LogP contribution in [0.2, 0.25) is 0 Å². The fourth-order valence-electron chi connectivity index (χ4n) is 1.48. The van der Waals surface area contributed by atoms with E-state index < -0.39 is 5.97 Å². The predicted octanol–water partition coefficient (Wildman–Crippen LogP) is 1.32. The third-order valence-corrected chi connectivity index (χ3v) is 2.67. The zero-order chi connectivity index (χ0) is 14.3. The van der Waals surface area contributed by atoms with Crippen LogP contribution in [0, 0.1) is 5.92 Å². The van der Waals surface area contributed by atoms with Crippen molar-refractivity contribution < 1.29 is 19.4 Å². The molecule has 0 radical (unpaired) electrons. The second-order valence-electron chi connectivity index (χ2n) is 4.34. The Hall–Kier alpha value is -2.11. The van der Waals surface area contributed by atoms with E-state index in [1.807, 2.05) is 6.92 Å². The molecule has 1 unspecified atom stereocenters. The monoisotopic (exact) mass is 266 g/mol. The number of hydrogen-bond acceptors (Lipinski definition) is 4. The largest absolute Gasteiger partial charge is 0.481 e. The Kier molecular flexibility index (Phi) is 5.78. The van der Waals surface area contributed by atoms with Crippen molar-refractivity contribution in [3.8, 4) is 5.88 Å². The van der Waals surface area contributed by atoms with Gasteiger partial charge >= 0.3 is 5.97 Å². The molecule has 2 N–H and O–H groups in total. The summed E-state index contributed by atoms with van der Waals surface area (Å²) in [7, 11) is 1.51. The Morgan fingerprint density at radius 2 is 2.21 bits per heavy atom. The number of nitrogens with one attached hydrogen (secondary N) is 1. The van der Waals surface area contributed by atoms with Gasteiger partial charge in [0.1, 0.15) is 0 Å². The van der Waals surface area contributed by atoms with Crippen LogP contribution >= 0.6 is 0 Å². The zero-order valence-electron chi connectivity index (χ0n) is 11.0. The molecule has 1 amide bonds. The molecule has 0 fully saturated rings. The van der Waals surface area contributed by atoms with Crippen LogP contribution in [0.25, 0.3) is 0 Å². The highest BCUT2D eigenvalue weighted by Crippen LogP contribution is 2.07. The van der Waals surface area contributed by atoms with Crippen LogP contribution in [0.1, 0.15) is 30.1 Å². The molecule has 6 heteroatoms. The van der Waals surface area contributed by atoms with E-state index in [0.29, 0.717) is 24.4 Å². The molecule has 1 rings (SSSR count). The van der Waals surface area contributed by atoms with Crippen molar-refractivity contribution >= 4 is 11.9 Å². The maximum absolute atomic E-state index is 11.8. The van der Waals surface area contributed by atoms with Crippen LogP contribution in [0.5, 0.6) is 5.88 Å². The number of amides is 1. The summed E-state index contributed by atoms with van der Waals surface area (Å²) in [4.78, 5) is 26.1. The average Bonchev–Trinajstić information content (AvgIpc) is 2.42. The molecule has 0 aromatic carbocycles. The minimum absolute atomic E-state index is 0.112. The molecule has 6 nitrogen and oxygen atoms in total. The number of methoxy groups -OCH3 is 1. The number of rotatable bonds is 7. The lowest BCUT2D eigenvalue weighted by molar-refractivity contribution is -0.137. The summed E-state index contributed by atoms with van der Waals surface area (Å²) in [5.41, 5.74) is 0.450. The fourth-order valence-corrected chi connectivity index (χ4v) is 1.48. The van der Waals surface area contributed by atoms with E-state index >= 15 is 0 Å². The van der Waals surface area contributed by atoms with Gasteiger partial charge in [-0.2, -0.15) is 0 Å². The molecule has 1 atom stereocenters. The number of carbonyl (C=O) groups excluding carboxylic acids is 1. The maximum atomic E-state index is 11.8. The Morgan fingerprint density at radius 3 is 2.74 bits per heavy atom. The van der Waals surface area contributed by atoms with Gasteiger partial charge in [-0.3, -0.25) is 9.59 Å². The summed E-state index contributed by atoms with van der Waals surface area (Å²) in [5, 5.41) is 11.3. The molecule has 0 aliphatic heterocycles. The lowest BCUT2D eigenvalue weighted by atomic mass is 10.1. The SMILES string of the molecule is COc1ccc(C(=O)NCC(C)CCC(=O)O)cn1. The Labute approximate surface area is 111 Å². The average molecular weight is 266 g/mol. The minimum atomic E-state index is -0.822. The highest BCUT2D eigenvalue weighted by atomic mass is 16.5. The Bertz CT molecular complexity index is 431. The van der Waals surface area contributed by atoms with Crippen LogP contribution in [0.15, 0.2) is 18.3 Å². The number of hydrogen-bond donors (Lipinski definition) is 2. The van der Waals surface area contributed by atoms with Gasteiger partial charge < -0.3 is 15.2 Å². The normalized spacial score (nSPS) is 11.7. The first-order valence-electron chi connectivity index (χ1n) is 6.03. The molecule has 1 heterocycles. The molecule has 0 aliphatic rings. The van der Waals surface area contributed by atoms with Gasteiger partial charge in [-0.05, 0) is 18.4 Å². The molecule has 1 aromatic rings. The molecule has 0 aliphatic carbocycles. The first-order chi connectivity index (χ1) is 9.02. The van der Waals surface area contributed by atoms with Crippen LogP contribution in [-0.4, -0.2) is 35.6 Å². The van der Waals surface area contributed by atoms with E-state index in [1.54, 1.807) is 12.1 Å². The summed E-state index contributed by atoms with van der Waals surface area (Å²) in [6.45, 7) is 2.34. The molecule has 1 aromatic heterocycles. The summed E-state index contributed by atoms with van der Waals surface area (Å²) in [5.74, 6) is -0.479. The number of pyridine rings is 1. The third kappa shape index (κ3) is 5.37. The van der Waals surface area contributed by atoms with Crippen molar-refractivity contribution in [2.75, 3.05) is 13.7 Å². The third-order valence-electron chi connectivity index (χ3n) is 2.67. The van der Waals surface area contributed by atoms with E-state index in [0.717, 1.165) is 0 Å². The van der Waals surface area contributed by atoms with Gasteiger partial charge in [0.25, 0.3) is 5.91 Å². The number of aliphatic carboxylic acids is 1. The van der Waals surface area contributed by atoms with Crippen molar-refractivity contribution in [3.63, 3.8) is 0 Å². The van der Waals surface area contributed by atoms with Crippen molar-refractivity contribution in [2.24, 2.45) is 5.92 Å². The lowest BCUT2D eigenvalue weighted by Gasteiger charge is -2.11. The van der Waals surface area contributed by atoms with Gasteiger partial charge in [0.15, 0.2) is 0 Å². The molecule has 104 valence electrons. The first-order valence-corrected chi connectivity index (χ1v) is 6.03. The molecular weight excluding hydrogens is 248 g/mol. The molecule has 19 heavy (non-hydrogen) atoms. The van der Waals surface area contributed by atoms with Crippen LogP contribution in [-0.2, 0) is 4.79 Å². The van der Waals surface area contributed by atoms with Crippen molar-refractivity contribution in [1.82, 2.24) is 10.3 Å². The van der Waals surface area contributed by atoms with Gasteiger partial charge in [0, 0.05) is 25.2 Å². The van der Waals surface area contributed by atoms with E-state index in [-0.39, 0.29) is 18.2 Å². The fraction of sp³-hybridized carbons (Fsp3) is 0.462. The van der Waals surface area contributed by atoms with Crippen LogP contribution in [0.3, 0.4) is 0 Å². The van der Waals surface area contributed by atoms with E-state index in [9.17, 15) is 9.59 Å². The van der Waals surface area contributed by atoms with Crippen LogP contribution < -0.4 is 10.1 Å². The van der Waals surface area contributed by atoms with Crippen molar-refractivity contribution in [2.45, 2.75) is 19.8 Å². The minimum Gasteiger partial charge on any atom is -0.481 e. The van der Waals surface area contributed by atoms with Gasteiger partial charge in [0.2, 0.25) is 5.88 Å². The molecule has 0 saturated heterocycles. The first kappa shape index (κ1) is 14.9. The topological polar surface area (TPSA) is 88.5 Å². The second-order valence-corrected chi connectivity index (χ2v) is 4.34. The van der Waals surface area contributed by atoms with E-state index in [1.165, 1.54) is 13.3 Å². The number of carboxylic acid groups (broad SMARTS) is 1.